The minimum atomic E-state index is -3.96. The maximum absolute atomic E-state index is 13.5. The smallest absolute Gasteiger partial charge is 0.214 e. The Kier molecular flexibility index (Phi) is 3.84. The largest absolute Gasteiger partial charge is 0.371 e. The lowest BCUT2D eigenvalue weighted by Crippen LogP contribution is -2.40. The second-order valence-electron chi connectivity index (χ2n) is 6.16. The van der Waals surface area contributed by atoms with Gasteiger partial charge in [-0.05, 0) is 31.2 Å². The first kappa shape index (κ1) is 16.2. The van der Waals surface area contributed by atoms with Gasteiger partial charge in [0.05, 0.1) is 10.9 Å². The lowest BCUT2D eigenvalue weighted by atomic mass is 9.94. The second-order valence-corrected chi connectivity index (χ2v) is 8.05. The molecule has 2 N–H and O–H groups in total. The van der Waals surface area contributed by atoms with Gasteiger partial charge < -0.3 is 10.6 Å². The maximum atomic E-state index is 13.5. The number of benzene rings is 1. The molecule has 2 aromatic rings. The third kappa shape index (κ3) is 2.54. The minimum Gasteiger partial charge on any atom is -0.371 e. The van der Waals surface area contributed by atoms with Crippen LogP contribution in [-0.2, 0) is 9.84 Å². The number of sulfone groups is 1. The van der Waals surface area contributed by atoms with Crippen LogP contribution in [-0.4, -0.2) is 44.6 Å². The van der Waals surface area contributed by atoms with E-state index in [0.717, 1.165) is 25.6 Å². The van der Waals surface area contributed by atoms with Crippen molar-refractivity contribution in [1.82, 2.24) is 15.1 Å². The highest BCUT2D eigenvalue weighted by Crippen LogP contribution is 2.41. The molecule has 0 amide bonds. The molecule has 0 bridgehead atoms. The molecule has 9 heteroatoms. The molecule has 25 heavy (non-hydrogen) atoms. The Morgan fingerprint density at radius 2 is 2.24 bits per heavy atom. The number of piperidine rings is 1. The Morgan fingerprint density at radius 3 is 3.00 bits per heavy atom. The predicted molar refractivity (Wildman–Crippen MR) is 91.8 cm³/mol. The van der Waals surface area contributed by atoms with E-state index in [1.807, 2.05) is 0 Å². The molecule has 2 aliphatic rings. The zero-order chi connectivity index (χ0) is 17.6. The van der Waals surface area contributed by atoms with Crippen LogP contribution in [0.5, 0.6) is 0 Å². The molecule has 0 spiro atoms. The summed E-state index contributed by atoms with van der Waals surface area (Å²) in [6, 6.07) is 5.05. The molecule has 132 valence electrons. The summed E-state index contributed by atoms with van der Waals surface area (Å²) in [6.45, 7) is 1.63. The molecule has 0 aliphatic carbocycles. The van der Waals surface area contributed by atoms with E-state index in [1.54, 1.807) is 17.9 Å². The zero-order valence-corrected chi connectivity index (χ0v) is 14.4. The third-order valence-corrected chi connectivity index (χ3v) is 6.44. The number of rotatable bonds is 3. The van der Waals surface area contributed by atoms with Crippen molar-refractivity contribution in [3.05, 3.63) is 30.1 Å². The van der Waals surface area contributed by atoms with Crippen LogP contribution in [0.1, 0.15) is 12.5 Å². The molecule has 0 radical (unpaired) electrons. The van der Waals surface area contributed by atoms with Crippen LogP contribution >= 0.6 is 0 Å². The molecule has 3 heterocycles. The Bertz CT molecular complexity index is 953. The van der Waals surface area contributed by atoms with Crippen molar-refractivity contribution in [1.29, 1.82) is 0 Å². The predicted octanol–water partition coefficient (Wildman–Crippen LogP) is 1.76. The molecule has 1 aromatic carbocycles. The lowest BCUT2D eigenvalue weighted by molar-refractivity contribution is 0.294. The highest BCUT2D eigenvalue weighted by Gasteiger charge is 2.37. The van der Waals surface area contributed by atoms with Crippen LogP contribution in [0.15, 0.2) is 39.0 Å². The Balaban J connectivity index is 1.90. The summed E-state index contributed by atoms with van der Waals surface area (Å²) in [7, 11) is -2.34. The highest BCUT2D eigenvalue weighted by molar-refractivity contribution is 7.91. The number of hydrogen-bond donors (Lipinski definition) is 2. The Morgan fingerprint density at radius 1 is 1.40 bits per heavy atom. The van der Waals surface area contributed by atoms with Gasteiger partial charge in [-0.3, -0.25) is 0 Å². The number of aromatic nitrogens is 2. The molecular formula is C16H18FN5O2S. The van der Waals surface area contributed by atoms with Gasteiger partial charge in [-0.1, -0.05) is 6.07 Å². The molecule has 1 fully saturated rings. The fourth-order valence-corrected chi connectivity index (χ4v) is 4.96. The summed E-state index contributed by atoms with van der Waals surface area (Å²) in [5.41, 5.74) is 0. The number of nitrogens with zero attached hydrogens (tertiary/aromatic N) is 3. The molecule has 2 atom stereocenters. The van der Waals surface area contributed by atoms with E-state index in [2.05, 4.69) is 20.7 Å². The molecule has 4 rings (SSSR count). The SMILES string of the molecule is CNc1nn2c(c1S(=O)(=O)c1cccc(F)c1)N=CC1CNCCC12. The van der Waals surface area contributed by atoms with Gasteiger partial charge in [0.15, 0.2) is 16.5 Å². The van der Waals surface area contributed by atoms with E-state index in [0.29, 0.717) is 5.82 Å². The van der Waals surface area contributed by atoms with Crippen LogP contribution < -0.4 is 10.6 Å². The van der Waals surface area contributed by atoms with E-state index in [4.69, 9.17) is 0 Å². The van der Waals surface area contributed by atoms with Crippen molar-refractivity contribution in [2.75, 3.05) is 25.5 Å². The van der Waals surface area contributed by atoms with Crippen LogP contribution in [0.2, 0.25) is 0 Å². The standard InChI is InChI=1S/C16H18FN5O2S/c1-18-15-14(25(23,24)12-4-2-3-11(17)7-12)16-20-9-10-8-19-6-5-13(10)22(16)21-15/h2-4,7,9-10,13,19H,5-6,8H2,1H3,(H,18,21). The van der Waals surface area contributed by atoms with E-state index in [-0.39, 0.29) is 27.6 Å². The van der Waals surface area contributed by atoms with Crippen LogP contribution in [0, 0.1) is 11.7 Å². The van der Waals surface area contributed by atoms with Gasteiger partial charge >= 0.3 is 0 Å². The first-order valence-electron chi connectivity index (χ1n) is 8.08. The summed E-state index contributed by atoms with van der Waals surface area (Å²) in [5, 5.41) is 10.6. The molecule has 0 saturated carbocycles. The first-order chi connectivity index (χ1) is 12.0. The molecule has 1 aromatic heterocycles. The minimum absolute atomic E-state index is 0.00571. The molecule has 7 nitrogen and oxygen atoms in total. The number of halogens is 1. The van der Waals surface area contributed by atoms with Crippen LogP contribution in [0.4, 0.5) is 16.0 Å². The van der Waals surface area contributed by atoms with E-state index >= 15 is 0 Å². The van der Waals surface area contributed by atoms with Gasteiger partial charge in [0.1, 0.15) is 5.82 Å². The lowest BCUT2D eigenvalue weighted by Gasteiger charge is -2.32. The first-order valence-corrected chi connectivity index (χ1v) is 9.56. The van der Waals surface area contributed by atoms with Crippen molar-refractivity contribution in [3.8, 4) is 0 Å². The van der Waals surface area contributed by atoms with Gasteiger partial charge in [0, 0.05) is 25.7 Å². The molecule has 2 unspecified atom stereocenters. The number of anilines is 1. The summed E-state index contributed by atoms with van der Waals surface area (Å²) in [5.74, 6) is 0.109. The fourth-order valence-electron chi connectivity index (χ4n) is 3.41. The third-order valence-electron chi connectivity index (χ3n) is 4.65. The van der Waals surface area contributed by atoms with Gasteiger partial charge in [0.25, 0.3) is 0 Å². The van der Waals surface area contributed by atoms with E-state index in [1.165, 1.54) is 18.2 Å². The number of aliphatic imine (C=N–C) groups is 1. The van der Waals surface area contributed by atoms with Gasteiger partial charge in [-0.25, -0.2) is 22.5 Å². The van der Waals surface area contributed by atoms with Gasteiger partial charge in [-0.15, -0.1) is 0 Å². The molecular weight excluding hydrogens is 345 g/mol. The topological polar surface area (TPSA) is 88.4 Å². The summed E-state index contributed by atoms with van der Waals surface area (Å²) >= 11 is 0. The number of fused-ring (bicyclic) bond motifs is 3. The average molecular weight is 363 g/mol. The van der Waals surface area contributed by atoms with E-state index in [9.17, 15) is 12.8 Å². The zero-order valence-electron chi connectivity index (χ0n) is 13.6. The van der Waals surface area contributed by atoms with Crippen LogP contribution in [0.25, 0.3) is 0 Å². The Hall–Kier alpha value is -2.26. The van der Waals surface area contributed by atoms with Gasteiger partial charge in [-0.2, -0.15) is 5.10 Å². The van der Waals surface area contributed by atoms with Gasteiger partial charge in [0.2, 0.25) is 9.84 Å². The maximum Gasteiger partial charge on any atom is 0.214 e. The summed E-state index contributed by atoms with van der Waals surface area (Å²) < 4.78 is 41.5. The van der Waals surface area contributed by atoms with Crippen molar-refractivity contribution < 1.29 is 12.8 Å². The normalized spacial score (nSPS) is 22.3. The van der Waals surface area contributed by atoms with Crippen molar-refractivity contribution >= 4 is 27.7 Å². The monoisotopic (exact) mass is 363 g/mol. The summed E-state index contributed by atoms with van der Waals surface area (Å²) in [4.78, 5) is 4.27. The van der Waals surface area contributed by atoms with Crippen molar-refractivity contribution in [2.24, 2.45) is 10.9 Å². The quantitative estimate of drug-likeness (QED) is 0.868. The molecule has 2 aliphatic heterocycles. The van der Waals surface area contributed by atoms with E-state index < -0.39 is 15.7 Å². The highest BCUT2D eigenvalue weighted by atomic mass is 32.2. The number of hydrogen-bond acceptors (Lipinski definition) is 6. The van der Waals surface area contributed by atoms with Crippen LogP contribution in [0.3, 0.4) is 0 Å². The Labute approximate surface area is 144 Å². The number of nitrogens with one attached hydrogen (secondary N) is 2. The summed E-state index contributed by atoms with van der Waals surface area (Å²) in [6.07, 6.45) is 2.63. The average Bonchev–Trinajstić information content (AvgIpc) is 3.01. The second kappa shape index (κ2) is 5.92. The fraction of sp³-hybridized carbons (Fsp3) is 0.375. The van der Waals surface area contributed by atoms with Crippen molar-refractivity contribution in [3.63, 3.8) is 0 Å². The van der Waals surface area contributed by atoms with Crippen molar-refractivity contribution in [2.45, 2.75) is 22.3 Å². The molecule has 1 saturated heterocycles.